The van der Waals surface area contributed by atoms with Gasteiger partial charge in [0.05, 0.1) is 24.5 Å². The molecular formula is C30H30F3N5O4. The Balaban J connectivity index is 1.46. The average molecular weight is 582 g/mol. The molecule has 2 fully saturated rings. The maximum Gasteiger partial charge on any atom is 0.416 e. The number of amides is 3. The Labute approximate surface area is 240 Å². The lowest BCUT2D eigenvalue weighted by Gasteiger charge is -2.38. The number of ether oxygens (including phenoxy) is 1. The second kappa shape index (κ2) is 10.9. The van der Waals surface area contributed by atoms with Crippen LogP contribution in [0.5, 0.6) is 0 Å². The van der Waals surface area contributed by atoms with Gasteiger partial charge in [-0.15, -0.1) is 0 Å². The first-order chi connectivity index (χ1) is 20.2. The monoisotopic (exact) mass is 581 g/mol. The van der Waals surface area contributed by atoms with E-state index in [1.165, 1.54) is 11.0 Å². The largest absolute Gasteiger partial charge is 0.416 e. The molecule has 12 heteroatoms. The van der Waals surface area contributed by atoms with Crippen LogP contribution in [0.15, 0.2) is 54.6 Å². The van der Waals surface area contributed by atoms with Crippen molar-refractivity contribution in [2.45, 2.75) is 37.9 Å². The highest BCUT2D eigenvalue weighted by molar-refractivity contribution is 6.07. The van der Waals surface area contributed by atoms with Crippen molar-refractivity contribution in [2.75, 3.05) is 37.7 Å². The van der Waals surface area contributed by atoms with Gasteiger partial charge in [-0.05, 0) is 56.0 Å². The fraction of sp³-hybridized carbons (Fsp3) is 0.400. The lowest BCUT2D eigenvalue weighted by atomic mass is 9.82. The van der Waals surface area contributed by atoms with Crippen LogP contribution in [0.4, 0.5) is 19.0 Å². The SMILES string of the molecule is CCN1C(=O)C(NC(=O)c2cccc(C(F)(F)F)c2)C(C2CC2)c2c(C(=O)N3CCOCC3)nn(-c3ccccc3)c21. The summed E-state index contributed by atoms with van der Waals surface area (Å²) in [6.45, 7) is 3.60. The van der Waals surface area contributed by atoms with Crippen molar-refractivity contribution in [1.82, 2.24) is 20.0 Å². The summed E-state index contributed by atoms with van der Waals surface area (Å²) in [6, 6.07) is 12.2. The van der Waals surface area contributed by atoms with Gasteiger partial charge >= 0.3 is 6.18 Å². The molecule has 2 aliphatic heterocycles. The van der Waals surface area contributed by atoms with Gasteiger partial charge in [0.2, 0.25) is 0 Å². The molecule has 1 aromatic heterocycles. The molecule has 9 nitrogen and oxygen atoms in total. The molecule has 220 valence electrons. The number of anilines is 1. The molecule has 1 N–H and O–H groups in total. The second-order valence-corrected chi connectivity index (χ2v) is 10.7. The summed E-state index contributed by atoms with van der Waals surface area (Å²) in [5, 5.41) is 7.55. The second-order valence-electron chi connectivity index (χ2n) is 10.7. The third-order valence-electron chi connectivity index (χ3n) is 8.06. The minimum Gasteiger partial charge on any atom is -0.378 e. The van der Waals surface area contributed by atoms with Crippen LogP contribution in [-0.2, 0) is 15.7 Å². The highest BCUT2D eigenvalue weighted by Crippen LogP contribution is 2.51. The Morgan fingerprint density at radius 1 is 1.05 bits per heavy atom. The molecule has 2 unspecified atom stereocenters. The Morgan fingerprint density at radius 3 is 2.40 bits per heavy atom. The molecule has 1 aliphatic carbocycles. The number of fused-ring (bicyclic) bond motifs is 1. The molecule has 0 spiro atoms. The van der Waals surface area contributed by atoms with Crippen molar-refractivity contribution >= 4 is 23.5 Å². The molecule has 3 amide bonds. The lowest BCUT2D eigenvalue weighted by molar-refractivity contribution is -0.137. The Kier molecular flexibility index (Phi) is 7.25. The lowest BCUT2D eigenvalue weighted by Crippen LogP contribution is -2.56. The van der Waals surface area contributed by atoms with Crippen LogP contribution in [0.3, 0.4) is 0 Å². The van der Waals surface area contributed by atoms with E-state index in [1.54, 1.807) is 16.5 Å². The molecule has 1 saturated heterocycles. The normalized spacial score (nSPS) is 20.8. The third-order valence-corrected chi connectivity index (χ3v) is 8.06. The Bertz CT molecular complexity index is 1510. The molecule has 2 aromatic carbocycles. The van der Waals surface area contributed by atoms with Crippen molar-refractivity contribution in [3.63, 3.8) is 0 Å². The number of aromatic nitrogens is 2. The van der Waals surface area contributed by atoms with Crippen molar-refractivity contribution in [3.05, 3.63) is 77.0 Å². The summed E-state index contributed by atoms with van der Waals surface area (Å²) in [5.41, 5.74) is 0.294. The van der Waals surface area contributed by atoms with Crippen LogP contribution < -0.4 is 10.2 Å². The molecule has 6 rings (SSSR count). The molecule has 0 bridgehead atoms. The van der Waals surface area contributed by atoms with E-state index < -0.39 is 35.5 Å². The first-order valence-electron chi connectivity index (χ1n) is 14.0. The number of hydrogen-bond donors (Lipinski definition) is 1. The van der Waals surface area contributed by atoms with E-state index in [2.05, 4.69) is 5.32 Å². The predicted molar refractivity (Wildman–Crippen MR) is 146 cm³/mol. The van der Waals surface area contributed by atoms with Gasteiger partial charge in [0.15, 0.2) is 5.69 Å². The number of benzene rings is 2. The summed E-state index contributed by atoms with van der Waals surface area (Å²) in [6.07, 6.45) is -3.07. The number of hydrogen-bond acceptors (Lipinski definition) is 5. The fourth-order valence-electron chi connectivity index (χ4n) is 5.89. The van der Waals surface area contributed by atoms with E-state index in [-0.39, 0.29) is 29.6 Å². The molecule has 3 heterocycles. The number of alkyl halides is 3. The zero-order chi connectivity index (χ0) is 29.6. The zero-order valence-corrected chi connectivity index (χ0v) is 22.9. The third kappa shape index (κ3) is 5.04. The predicted octanol–water partition coefficient (Wildman–Crippen LogP) is 4.02. The van der Waals surface area contributed by atoms with Gasteiger partial charge in [-0.1, -0.05) is 24.3 Å². The molecule has 42 heavy (non-hydrogen) atoms. The molecule has 3 aliphatic rings. The van der Waals surface area contributed by atoms with E-state index in [0.29, 0.717) is 43.4 Å². The van der Waals surface area contributed by atoms with Crippen molar-refractivity contribution < 1.29 is 32.3 Å². The van der Waals surface area contributed by atoms with Gasteiger partial charge in [0.1, 0.15) is 11.9 Å². The van der Waals surface area contributed by atoms with E-state index in [1.807, 2.05) is 30.3 Å². The summed E-state index contributed by atoms with van der Waals surface area (Å²) >= 11 is 0. The summed E-state index contributed by atoms with van der Waals surface area (Å²) in [5.74, 6) is -1.59. The van der Waals surface area contributed by atoms with Crippen LogP contribution in [0.25, 0.3) is 5.69 Å². The standard InChI is InChI=1S/C30H30F3N5O4/c1-2-37-27-23(25(28(40)36-13-15-42-16-14-36)35-38(27)21-9-4-3-5-10-21)22(18-11-12-18)24(29(37)41)34-26(39)19-7-6-8-20(17-19)30(31,32)33/h3-10,17-18,22,24H,2,11-16H2,1H3,(H,34,39). The zero-order valence-electron chi connectivity index (χ0n) is 22.9. The quantitative estimate of drug-likeness (QED) is 0.475. The Hall–Kier alpha value is -4.19. The topological polar surface area (TPSA) is 96.8 Å². The molecule has 2 atom stereocenters. The van der Waals surface area contributed by atoms with Crippen LogP contribution in [0.1, 0.15) is 57.7 Å². The number of carbonyl (C=O) groups excluding carboxylic acids is 3. The molecule has 0 radical (unpaired) electrons. The fourth-order valence-corrected chi connectivity index (χ4v) is 5.89. The number of nitrogens with zero attached hydrogens (tertiary/aromatic N) is 4. The summed E-state index contributed by atoms with van der Waals surface area (Å²) in [7, 11) is 0. The molecule has 3 aromatic rings. The van der Waals surface area contributed by atoms with Gasteiger partial charge in [-0.25, -0.2) is 4.68 Å². The molecule has 1 saturated carbocycles. The van der Waals surface area contributed by atoms with Crippen LogP contribution in [-0.4, -0.2) is 71.3 Å². The van der Waals surface area contributed by atoms with E-state index in [4.69, 9.17) is 9.84 Å². The van der Waals surface area contributed by atoms with Crippen LogP contribution in [0, 0.1) is 5.92 Å². The highest BCUT2D eigenvalue weighted by atomic mass is 19.4. The maximum atomic E-state index is 14.1. The summed E-state index contributed by atoms with van der Waals surface area (Å²) in [4.78, 5) is 44.6. The van der Waals surface area contributed by atoms with E-state index >= 15 is 0 Å². The van der Waals surface area contributed by atoms with Crippen LogP contribution in [0.2, 0.25) is 0 Å². The Morgan fingerprint density at radius 2 is 1.76 bits per heavy atom. The van der Waals surface area contributed by atoms with Crippen molar-refractivity contribution in [2.24, 2.45) is 5.92 Å². The summed E-state index contributed by atoms with van der Waals surface area (Å²) < 4.78 is 47.1. The number of para-hydroxylation sites is 1. The highest BCUT2D eigenvalue weighted by Gasteiger charge is 2.52. The maximum absolute atomic E-state index is 14.1. The minimum atomic E-state index is -4.62. The first-order valence-corrected chi connectivity index (χ1v) is 14.0. The minimum absolute atomic E-state index is 0.0109. The van der Waals surface area contributed by atoms with E-state index in [0.717, 1.165) is 31.0 Å². The van der Waals surface area contributed by atoms with Crippen LogP contribution >= 0.6 is 0 Å². The number of rotatable bonds is 6. The van der Waals surface area contributed by atoms with Gasteiger partial charge in [0, 0.05) is 36.7 Å². The number of morpholine rings is 1. The number of likely N-dealkylation sites (N-methyl/N-ethyl adjacent to an activating group) is 1. The van der Waals surface area contributed by atoms with Gasteiger partial charge < -0.3 is 15.0 Å². The smallest absolute Gasteiger partial charge is 0.378 e. The molecular weight excluding hydrogens is 551 g/mol. The van der Waals surface area contributed by atoms with Crippen molar-refractivity contribution in [3.8, 4) is 5.69 Å². The first kappa shape index (κ1) is 28.0. The van der Waals surface area contributed by atoms with Gasteiger partial charge in [-0.2, -0.15) is 18.3 Å². The van der Waals surface area contributed by atoms with Gasteiger partial charge in [0.25, 0.3) is 17.7 Å². The number of nitrogens with one attached hydrogen (secondary N) is 1. The van der Waals surface area contributed by atoms with E-state index in [9.17, 15) is 27.6 Å². The number of halogens is 3. The van der Waals surface area contributed by atoms with Crippen molar-refractivity contribution in [1.29, 1.82) is 0 Å². The number of carbonyl (C=O) groups is 3. The average Bonchev–Trinajstić information content (AvgIpc) is 3.77. The van der Waals surface area contributed by atoms with Gasteiger partial charge in [-0.3, -0.25) is 19.3 Å².